The fraction of sp³-hybridized carbons (Fsp3) is 0.160. The van der Waals surface area contributed by atoms with Gasteiger partial charge in [-0.2, -0.15) is 0 Å². The average molecular weight is 448 g/mol. The highest BCUT2D eigenvalue weighted by Gasteiger charge is 2.13. The molecule has 0 bridgehead atoms. The van der Waals surface area contributed by atoms with Gasteiger partial charge >= 0.3 is 0 Å². The summed E-state index contributed by atoms with van der Waals surface area (Å²) in [4.78, 5) is 22.8. The fourth-order valence-corrected chi connectivity index (χ4v) is 3.09. The van der Waals surface area contributed by atoms with Crippen LogP contribution in [-0.2, 0) is 11.4 Å². The molecule has 0 spiro atoms. The van der Waals surface area contributed by atoms with Gasteiger partial charge in [0.2, 0.25) is 5.91 Å². The predicted molar refractivity (Wildman–Crippen MR) is 126 cm³/mol. The molecule has 1 N–H and O–H groups in total. The molecule has 0 aliphatic carbocycles. The molecule has 0 aromatic heterocycles. The number of carbonyl (C=O) groups is 1. The number of ether oxygens (including phenoxy) is 3. The van der Waals surface area contributed by atoms with Gasteiger partial charge in [0.15, 0.2) is 11.5 Å². The topological polar surface area (TPSA) is 99.9 Å². The SMILES string of the molecule is COc1ccc([N+](=O)[O-])cc1NC(=O)C=Cc1ccc(OCc2ccccc2C)c(OC)c1. The lowest BCUT2D eigenvalue weighted by Crippen LogP contribution is -2.09. The van der Waals surface area contributed by atoms with Gasteiger partial charge in [0.05, 0.1) is 24.8 Å². The van der Waals surface area contributed by atoms with Crippen molar-refractivity contribution in [3.05, 3.63) is 93.5 Å². The summed E-state index contributed by atoms with van der Waals surface area (Å²) in [6.07, 6.45) is 2.92. The second-order valence-electron chi connectivity index (χ2n) is 7.09. The van der Waals surface area contributed by atoms with Gasteiger partial charge in [-0.05, 0) is 47.9 Å². The molecule has 170 valence electrons. The van der Waals surface area contributed by atoms with Gasteiger partial charge in [0.25, 0.3) is 5.69 Å². The van der Waals surface area contributed by atoms with Crippen LogP contribution >= 0.6 is 0 Å². The first kappa shape index (κ1) is 23.3. The van der Waals surface area contributed by atoms with Crippen LogP contribution in [-0.4, -0.2) is 25.1 Å². The summed E-state index contributed by atoms with van der Waals surface area (Å²) in [6.45, 7) is 2.43. The predicted octanol–water partition coefficient (Wildman–Crippen LogP) is 5.15. The van der Waals surface area contributed by atoms with Crippen molar-refractivity contribution in [3.63, 3.8) is 0 Å². The third kappa shape index (κ3) is 6.10. The highest BCUT2D eigenvalue weighted by molar-refractivity contribution is 6.03. The lowest BCUT2D eigenvalue weighted by molar-refractivity contribution is -0.384. The molecule has 0 saturated carbocycles. The molecule has 3 aromatic rings. The van der Waals surface area contributed by atoms with E-state index in [1.165, 1.54) is 31.4 Å². The van der Waals surface area contributed by atoms with Crippen molar-refractivity contribution in [1.82, 2.24) is 0 Å². The van der Waals surface area contributed by atoms with Gasteiger partial charge in [-0.25, -0.2) is 0 Å². The summed E-state index contributed by atoms with van der Waals surface area (Å²) < 4.78 is 16.5. The van der Waals surface area contributed by atoms with E-state index < -0.39 is 10.8 Å². The number of benzene rings is 3. The number of nitro benzene ring substituents is 1. The number of anilines is 1. The van der Waals surface area contributed by atoms with Gasteiger partial charge in [-0.15, -0.1) is 0 Å². The van der Waals surface area contributed by atoms with Crippen LogP contribution in [0.4, 0.5) is 11.4 Å². The minimum absolute atomic E-state index is 0.152. The van der Waals surface area contributed by atoms with Crippen molar-refractivity contribution >= 4 is 23.4 Å². The summed E-state index contributed by atoms with van der Waals surface area (Å²) in [5.41, 5.74) is 3.00. The fourth-order valence-electron chi connectivity index (χ4n) is 3.09. The Morgan fingerprint density at radius 1 is 1.00 bits per heavy atom. The van der Waals surface area contributed by atoms with Crippen molar-refractivity contribution in [2.75, 3.05) is 19.5 Å². The third-order valence-corrected chi connectivity index (χ3v) is 4.91. The molecule has 3 aromatic carbocycles. The van der Waals surface area contributed by atoms with Crippen LogP contribution in [0.2, 0.25) is 0 Å². The van der Waals surface area contributed by atoms with Crippen LogP contribution in [0, 0.1) is 17.0 Å². The number of amides is 1. The molecule has 8 heteroatoms. The Morgan fingerprint density at radius 2 is 1.73 bits per heavy atom. The van der Waals surface area contributed by atoms with Crippen molar-refractivity contribution in [2.45, 2.75) is 13.5 Å². The molecule has 0 saturated heterocycles. The Hall–Kier alpha value is -4.33. The maximum absolute atomic E-state index is 12.4. The molecular formula is C25H24N2O6. The summed E-state index contributed by atoms with van der Waals surface area (Å²) in [7, 11) is 2.96. The van der Waals surface area contributed by atoms with Crippen molar-refractivity contribution < 1.29 is 23.9 Å². The van der Waals surface area contributed by atoms with E-state index in [1.807, 2.05) is 31.2 Å². The van der Waals surface area contributed by atoms with Crippen LogP contribution in [0.5, 0.6) is 17.2 Å². The highest BCUT2D eigenvalue weighted by atomic mass is 16.6. The minimum atomic E-state index is -0.542. The summed E-state index contributed by atoms with van der Waals surface area (Å²) in [5.74, 6) is 0.974. The molecule has 0 aliphatic rings. The first-order valence-electron chi connectivity index (χ1n) is 10.1. The van der Waals surface area contributed by atoms with Crippen LogP contribution in [0.3, 0.4) is 0 Å². The zero-order valence-electron chi connectivity index (χ0n) is 18.5. The van der Waals surface area contributed by atoms with Gasteiger partial charge in [0, 0.05) is 18.2 Å². The molecule has 33 heavy (non-hydrogen) atoms. The molecule has 0 aliphatic heterocycles. The molecule has 0 fully saturated rings. The number of nitrogens with one attached hydrogen (secondary N) is 1. The van der Waals surface area contributed by atoms with Crippen molar-refractivity contribution in [3.8, 4) is 17.2 Å². The smallest absolute Gasteiger partial charge is 0.271 e. The van der Waals surface area contributed by atoms with Crippen LogP contribution in [0.15, 0.2) is 66.7 Å². The lowest BCUT2D eigenvalue weighted by atomic mass is 10.1. The number of hydrogen-bond acceptors (Lipinski definition) is 6. The number of nitro groups is 1. The second-order valence-corrected chi connectivity index (χ2v) is 7.09. The van der Waals surface area contributed by atoms with Crippen molar-refractivity contribution in [2.24, 2.45) is 0 Å². The maximum atomic E-state index is 12.4. The highest BCUT2D eigenvalue weighted by Crippen LogP contribution is 2.30. The van der Waals surface area contributed by atoms with E-state index in [0.29, 0.717) is 23.9 Å². The monoisotopic (exact) mass is 448 g/mol. The van der Waals surface area contributed by atoms with Gasteiger partial charge < -0.3 is 19.5 Å². The Kier molecular flexibility index (Phi) is 7.64. The van der Waals surface area contributed by atoms with Crippen LogP contribution in [0.25, 0.3) is 6.08 Å². The lowest BCUT2D eigenvalue weighted by Gasteiger charge is -2.12. The molecule has 3 rings (SSSR count). The number of carbonyl (C=O) groups excluding carboxylic acids is 1. The van der Waals surface area contributed by atoms with Gasteiger partial charge in [-0.1, -0.05) is 30.3 Å². The quantitative estimate of drug-likeness (QED) is 0.276. The molecule has 0 heterocycles. The number of non-ortho nitro benzene ring substituents is 1. The standard InChI is InChI=1S/C25H24N2O6/c1-17-6-4-5-7-19(17)16-33-23-11-8-18(14-24(23)32-3)9-13-25(28)26-21-15-20(27(29)30)10-12-22(21)31-2/h4-15H,16H2,1-3H3,(H,26,28). The number of methoxy groups -OCH3 is 2. The largest absolute Gasteiger partial charge is 0.495 e. The van der Waals surface area contributed by atoms with E-state index in [0.717, 1.165) is 16.7 Å². The Morgan fingerprint density at radius 3 is 2.42 bits per heavy atom. The first-order valence-corrected chi connectivity index (χ1v) is 10.1. The van der Waals surface area contributed by atoms with Crippen molar-refractivity contribution in [1.29, 1.82) is 0 Å². The number of rotatable bonds is 9. The zero-order valence-corrected chi connectivity index (χ0v) is 18.5. The average Bonchev–Trinajstić information content (AvgIpc) is 2.82. The van der Waals surface area contributed by atoms with E-state index in [1.54, 1.807) is 31.4 Å². The number of hydrogen-bond donors (Lipinski definition) is 1. The van der Waals surface area contributed by atoms with E-state index >= 15 is 0 Å². The first-order chi connectivity index (χ1) is 15.9. The molecule has 8 nitrogen and oxygen atoms in total. The van der Waals surface area contributed by atoms with E-state index in [2.05, 4.69) is 5.32 Å². The van der Waals surface area contributed by atoms with Crippen LogP contribution in [0.1, 0.15) is 16.7 Å². The van der Waals surface area contributed by atoms with Gasteiger partial charge in [0.1, 0.15) is 12.4 Å². The summed E-state index contributed by atoms with van der Waals surface area (Å²) >= 11 is 0. The maximum Gasteiger partial charge on any atom is 0.271 e. The minimum Gasteiger partial charge on any atom is -0.495 e. The summed E-state index contributed by atoms with van der Waals surface area (Å²) in [5, 5.41) is 13.6. The molecule has 1 amide bonds. The molecule has 0 atom stereocenters. The Balaban J connectivity index is 1.70. The van der Waals surface area contributed by atoms with Crippen LogP contribution < -0.4 is 19.5 Å². The molecular weight excluding hydrogens is 424 g/mol. The second kappa shape index (κ2) is 10.8. The normalized spacial score (nSPS) is 10.6. The Bertz CT molecular complexity index is 1190. The third-order valence-electron chi connectivity index (χ3n) is 4.91. The molecule has 0 unspecified atom stereocenters. The zero-order chi connectivity index (χ0) is 23.8. The van der Waals surface area contributed by atoms with Gasteiger partial charge in [-0.3, -0.25) is 14.9 Å². The number of nitrogens with zero attached hydrogens (tertiary/aromatic N) is 1. The summed E-state index contributed by atoms with van der Waals surface area (Å²) in [6, 6.07) is 17.3. The van der Waals surface area contributed by atoms with E-state index in [4.69, 9.17) is 14.2 Å². The molecule has 0 radical (unpaired) electrons. The van der Waals surface area contributed by atoms with E-state index in [9.17, 15) is 14.9 Å². The van der Waals surface area contributed by atoms with E-state index in [-0.39, 0.29) is 11.4 Å². The Labute approximate surface area is 191 Å². The number of aryl methyl sites for hydroxylation is 1.